The maximum atomic E-state index is 13.3. The van der Waals surface area contributed by atoms with Crippen LogP contribution in [0.3, 0.4) is 0 Å². The zero-order valence-electron chi connectivity index (χ0n) is 18.4. The van der Waals surface area contributed by atoms with Crippen molar-refractivity contribution in [1.29, 1.82) is 0 Å². The molecule has 0 radical (unpaired) electrons. The van der Waals surface area contributed by atoms with Crippen molar-refractivity contribution in [3.63, 3.8) is 0 Å². The number of sulfonamides is 2. The van der Waals surface area contributed by atoms with Gasteiger partial charge in [0.05, 0.1) is 9.79 Å². The second-order valence-electron chi connectivity index (χ2n) is 9.33. The highest BCUT2D eigenvalue weighted by atomic mass is 32.2. The van der Waals surface area contributed by atoms with Crippen molar-refractivity contribution in [2.75, 3.05) is 13.1 Å². The average molecular weight is 463 g/mol. The van der Waals surface area contributed by atoms with E-state index in [2.05, 4.69) is 0 Å². The Morgan fingerprint density at radius 3 is 1.32 bits per heavy atom. The van der Waals surface area contributed by atoms with E-state index in [1.165, 1.54) is 0 Å². The standard InChI is InChI=1S/C23H30N2O4S2/c1-17-5-9-21(10-6-17)30(26,27)24-15-23(13-19(24)3)14-20(4)25(16-23)31(28,29)22-11-7-18(2)8-12-22/h5-12,19-20H,13-16H2,1-4H3. The molecule has 0 saturated carbocycles. The molecule has 2 aliphatic rings. The zero-order valence-corrected chi connectivity index (χ0v) is 20.1. The van der Waals surface area contributed by atoms with Crippen molar-refractivity contribution in [1.82, 2.24) is 8.61 Å². The molecule has 31 heavy (non-hydrogen) atoms. The maximum Gasteiger partial charge on any atom is 0.243 e. The number of benzene rings is 2. The highest BCUT2D eigenvalue weighted by molar-refractivity contribution is 7.89. The van der Waals surface area contributed by atoms with E-state index in [9.17, 15) is 16.8 Å². The largest absolute Gasteiger partial charge is 0.243 e. The topological polar surface area (TPSA) is 74.8 Å². The normalized spacial score (nSPS) is 27.9. The van der Waals surface area contributed by atoms with Crippen LogP contribution in [-0.4, -0.2) is 50.6 Å². The Morgan fingerprint density at radius 2 is 1.00 bits per heavy atom. The minimum atomic E-state index is -3.63. The fourth-order valence-electron chi connectivity index (χ4n) is 5.16. The Morgan fingerprint density at radius 1 is 0.677 bits per heavy atom. The molecule has 2 atom stereocenters. The highest BCUT2D eigenvalue weighted by Crippen LogP contribution is 2.48. The number of hydrogen-bond donors (Lipinski definition) is 0. The van der Waals surface area contributed by atoms with Gasteiger partial charge in [0, 0.05) is 30.6 Å². The number of rotatable bonds is 4. The van der Waals surface area contributed by atoms with E-state index in [0.717, 1.165) is 11.1 Å². The van der Waals surface area contributed by atoms with E-state index in [1.54, 1.807) is 57.1 Å². The summed E-state index contributed by atoms with van der Waals surface area (Å²) in [4.78, 5) is 0.578. The van der Waals surface area contributed by atoms with Crippen LogP contribution in [-0.2, 0) is 20.0 Å². The summed E-state index contributed by atoms with van der Waals surface area (Å²) < 4.78 is 56.3. The van der Waals surface area contributed by atoms with Crippen molar-refractivity contribution >= 4 is 20.0 Å². The first-order chi connectivity index (χ1) is 14.4. The first-order valence-corrected chi connectivity index (χ1v) is 13.5. The molecular formula is C23H30N2O4S2. The van der Waals surface area contributed by atoms with E-state index >= 15 is 0 Å². The summed E-state index contributed by atoms with van der Waals surface area (Å²) in [5, 5.41) is 0. The third-order valence-corrected chi connectivity index (χ3v) is 10.6. The molecule has 2 aromatic carbocycles. The molecule has 2 heterocycles. The van der Waals surface area contributed by atoms with Gasteiger partial charge in [0.25, 0.3) is 0 Å². The molecule has 0 aliphatic carbocycles. The van der Waals surface area contributed by atoms with Crippen LogP contribution in [0.2, 0.25) is 0 Å². The summed E-state index contributed by atoms with van der Waals surface area (Å²) in [5.74, 6) is 0. The van der Waals surface area contributed by atoms with Crippen LogP contribution in [0.4, 0.5) is 0 Å². The van der Waals surface area contributed by atoms with E-state index < -0.39 is 20.0 Å². The maximum absolute atomic E-state index is 13.3. The van der Waals surface area contributed by atoms with Crippen LogP contribution in [0.5, 0.6) is 0 Å². The molecule has 2 aliphatic heterocycles. The van der Waals surface area contributed by atoms with Crippen molar-refractivity contribution < 1.29 is 16.8 Å². The molecule has 6 nitrogen and oxygen atoms in total. The highest BCUT2D eigenvalue weighted by Gasteiger charge is 2.54. The second kappa shape index (κ2) is 7.69. The van der Waals surface area contributed by atoms with Gasteiger partial charge in [-0.15, -0.1) is 0 Å². The van der Waals surface area contributed by atoms with Gasteiger partial charge in [-0.3, -0.25) is 0 Å². The molecule has 2 aromatic rings. The molecule has 8 heteroatoms. The second-order valence-corrected chi connectivity index (χ2v) is 13.1. The predicted octanol–water partition coefficient (Wildman–Crippen LogP) is 3.56. The predicted molar refractivity (Wildman–Crippen MR) is 121 cm³/mol. The van der Waals surface area contributed by atoms with Crippen LogP contribution >= 0.6 is 0 Å². The third kappa shape index (κ3) is 3.95. The van der Waals surface area contributed by atoms with Crippen molar-refractivity contribution in [3.8, 4) is 0 Å². The van der Waals surface area contributed by atoms with E-state index in [-0.39, 0.29) is 27.3 Å². The van der Waals surface area contributed by atoms with Crippen LogP contribution in [0.1, 0.15) is 37.8 Å². The minimum absolute atomic E-state index is 0.180. The molecule has 2 saturated heterocycles. The van der Waals surface area contributed by atoms with Crippen LogP contribution < -0.4 is 0 Å². The van der Waals surface area contributed by atoms with Gasteiger partial charge >= 0.3 is 0 Å². The van der Waals surface area contributed by atoms with Gasteiger partial charge < -0.3 is 0 Å². The van der Waals surface area contributed by atoms with E-state index in [4.69, 9.17) is 0 Å². The molecular weight excluding hydrogens is 432 g/mol. The molecule has 0 N–H and O–H groups in total. The Kier molecular flexibility index (Phi) is 5.57. The van der Waals surface area contributed by atoms with Crippen LogP contribution in [0.25, 0.3) is 0 Å². The van der Waals surface area contributed by atoms with Gasteiger partial charge in [-0.2, -0.15) is 8.61 Å². The van der Waals surface area contributed by atoms with Gasteiger partial charge in [-0.25, -0.2) is 16.8 Å². The van der Waals surface area contributed by atoms with Crippen molar-refractivity contribution in [2.45, 2.75) is 62.4 Å². The molecule has 1 spiro atoms. The Labute approximate surface area is 186 Å². The van der Waals surface area contributed by atoms with Crippen molar-refractivity contribution in [2.24, 2.45) is 5.41 Å². The van der Waals surface area contributed by atoms with E-state index in [0.29, 0.717) is 25.9 Å². The lowest BCUT2D eigenvalue weighted by atomic mass is 9.83. The molecule has 4 rings (SSSR count). The lowest BCUT2D eigenvalue weighted by Crippen LogP contribution is -2.37. The molecule has 0 aromatic heterocycles. The summed E-state index contributed by atoms with van der Waals surface area (Å²) in [6.45, 7) is 8.37. The lowest BCUT2D eigenvalue weighted by Gasteiger charge is -2.25. The lowest BCUT2D eigenvalue weighted by molar-refractivity contribution is 0.317. The monoisotopic (exact) mass is 462 g/mol. The summed E-state index contributed by atoms with van der Waals surface area (Å²) in [6.07, 6.45) is 1.31. The fourth-order valence-corrected chi connectivity index (χ4v) is 8.64. The van der Waals surface area contributed by atoms with Crippen LogP contribution in [0.15, 0.2) is 58.3 Å². The molecule has 168 valence electrons. The first kappa shape index (κ1) is 22.5. The van der Waals surface area contributed by atoms with Gasteiger partial charge in [0.1, 0.15) is 0 Å². The molecule has 0 bridgehead atoms. The smallest absolute Gasteiger partial charge is 0.207 e. The summed E-state index contributed by atoms with van der Waals surface area (Å²) in [6, 6.07) is 13.4. The minimum Gasteiger partial charge on any atom is -0.207 e. The summed E-state index contributed by atoms with van der Waals surface area (Å²) in [5.41, 5.74) is 1.65. The first-order valence-electron chi connectivity index (χ1n) is 10.6. The summed E-state index contributed by atoms with van der Waals surface area (Å²) >= 11 is 0. The van der Waals surface area contributed by atoms with Gasteiger partial charge in [0.2, 0.25) is 20.0 Å². The molecule has 2 fully saturated rings. The molecule has 2 unspecified atom stereocenters. The van der Waals surface area contributed by atoms with Crippen molar-refractivity contribution in [3.05, 3.63) is 59.7 Å². The SMILES string of the molecule is Cc1ccc(S(=O)(=O)N2CC3(CC2C)CC(C)N(S(=O)(=O)c2ccc(C)cc2)C3)cc1. The van der Waals surface area contributed by atoms with Gasteiger partial charge in [-0.1, -0.05) is 35.4 Å². The average Bonchev–Trinajstić information content (AvgIpc) is 3.21. The number of hydrogen-bond acceptors (Lipinski definition) is 4. The number of nitrogens with zero attached hydrogens (tertiary/aromatic N) is 2. The van der Waals surface area contributed by atoms with Crippen LogP contribution in [0, 0.1) is 19.3 Å². The molecule has 0 amide bonds. The quantitative estimate of drug-likeness (QED) is 0.696. The zero-order chi connectivity index (χ0) is 22.6. The third-order valence-electron chi connectivity index (χ3n) is 6.68. The van der Waals surface area contributed by atoms with Gasteiger partial charge in [0.15, 0.2) is 0 Å². The van der Waals surface area contributed by atoms with Gasteiger partial charge in [-0.05, 0) is 64.8 Å². The Balaban J connectivity index is 1.60. The Bertz CT molecular complexity index is 1080. The number of aryl methyl sites for hydroxylation is 2. The summed E-state index contributed by atoms with van der Waals surface area (Å²) in [7, 11) is -7.26. The Hall–Kier alpha value is -1.74. The fraction of sp³-hybridized carbons (Fsp3) is 0.478. The van der Waals surface area contributed by atoms with E-state index in [1.807, 2.05) is 27.7 Å².